The molecule has 200 valence electrons. The first kappa shape index (κ1) is 30.1. The van der Waals surface area contributed by atoms with Crippen LogP contribution in [-0.2, 0) is 17.8 Å². The molecule has 0 aliphatic rings. The van der Waals surface area contributed by atoms with Crippen molar-refractivity contribution >= 4 is 5.91 Å². The summed E-state index contributed by atoms with van der Waals surface area (Å²) >= 11 is 0. The van der Waals surface area contributed by atoms with Crippen molar-refractivity contribution in [3.63, 3.8) is 0 Å². The predicted molar refractivity (Wildman–Crippen MR) is 153 cm³/mol. The molecule has 0 radical (unpaired) electrons. The van der Waals surface area contributed by atoms with Crippen LogP contribution in [0.2, 0.25) is 0 Å². The van der Waals surface area contributed by atoms with Crippen LogP contribution in [0.4, 0.5) is 0 Å². The highest BCUT2D eigenvalue weighted by Gasteiger charge is 2.07. The number of rotatable bonds is 22. The molecule has 0 aliphatic heterocycles. The molecular formula is C33H53N2O+. The van der Waals surface area contributed by atoms with E-state index in [9.17, 15) is 4.79 Å². The summed E-state index contributed by atoms with van der Waals surface area (Å²) in [5.74, 6) is 0.209. The van der Waals surface area contributed by atoms with Crippen LogP contribution >= 0.6 is 0 Å². The van der Waals surface area contributed by atoms with E-state index in [1.807, 2.05) is 6.07 Å². The van der Waals surface area contributed by atoms with Gasteiger partial charge in [0.25, 0.3) is 0 Å². The average Bonchev–Trinajstić information content (AvgIpc) is 2.89. The SMILES string of the molecule is CC(Cc1ccccc1)NC(=O)CCCCCCCCCCCCCCCCCC[n+]1ccccc1. The standard InChI is InChI=1S/C33H52N2O/c1-31(30-32-24-18-16-19-25-32)34-33(36)26-20-14-12-10-8-6-4-2-3-5-7-9-11-13-15-21-27-35-28-22-17-23-29-35/h16-19,22-25,28-29,31H,2-15,20-21,26-27,30H2,1H3/p+1. The monoisotopic (exact) mass is 493 g/mol. The third-order valence-corrected chi connectivity index (χ3v) is 7.14. The topological polar surface area (TPSA) is 33.0 Å². The number of aromatic nitrogens is 1. The van der Waals surface area contributed by atoms with Crippen LogP contribution in [0, 0.1) is 0 Å². The van der Waals surface area contributed by atoms with Crippen molar-refractivity contribution in [3.05, 3.63) is 66.5 Å². The molecule has 3 nitrogen and oxygen atoms in total. The summed E-state index contributed by atoms with van der Waals surface area (Å²) in [4.78, 5) is 12.1. The number of carbonyl (C=O) groups excluding carboxylic acids is 1. The molecule has 1 amide bonds. The van der Waals surface area contributed by atoms with Gasteiger partial charge in [0.1, 0.15) is 6.54 Å². The third kappa shape index (κ3) is 16.5. The van der Waals surface area contributed by atoms with Gasteiger partial charge in [-0.1, -0.05) is 120 Å². The number of amides is 1. The van der Waals surface area contributed by atoms with E-state index >= 15 is 0 Å². The Morgan fingerprint density at radius 2 is 1.08 bits per heavy atom. The largest absolute Gasteiger partial charge is 0.353 e. The van der Waals surface area contributed by atoms with Gasteiger partial charge >= 0.3 is 0 Å². The van der Waals surface area contributed by atoms with Gasteiger partial charge in [-0.2, -0.15) is 0 Å². The minimum Gasteiger partial charge on any atom is -0.353 e. The second-order valence-electron chi connectivity index (χ2n) is 10.7. The maximum atomic E-state index is 12.1. The van der Waals surface area contributed by atoms with Gasteiger partial charge in [0.2, 0.25) is 5.91 Å². The molecule has 0 saturated carbocycles. The Balaban J connectivity index is 1.25. The van der Waals surface area contributed by atoms with E-state index < -0.39 is 0 Å². The lowest BCUT2D eigenvalue weighted by Gasteiger charge is -2.14. The Kier molecular flexibility index (Phi) is 17.5. The normalized spacial score (nSPS) is 11.9. The van der Waals surface area contributed by atoms with Crippen LogP contribution < -0.4 is 9.88 Å². The van der Waals surface area contributed by atoms with E-state index in [2.05, 4.69) is 71.7 Å². The van der Waals surface area contributed by atoms with E-state index in [0.29, 0.717) is 6.42 Å². The molecule has 0 bridgehead atoms. The molecule has 0 aliphatic carbocycles. The fraction of sp³-hybridized carbons (Fsp3) is 0.636. The summed E-state index contributed by atoms with van der Waals surface area (Å²) in [6, 6.07) is 16.9. The van der Waals surface area contributed by atoms with E-state index in [1.165, 1.54) is 102 Å². The van der Waals surface area contributed by atoms with Crippen LogP contribution in [0.25, 0.3) is 0 Å². The molecule has 0 saturated heterocycles. The molecule has 36 heavy (non-hydrogen) atoms. The van der Waals surface area contributed by atoms with E-state index in [-0.39, 0.29) is 11.9 Å². The van der Waals surface area contributed by atoms with Crippen molar-refractivity contribution in [1.29, 1.82) is 0 Å². The van der Waals surface area contributed by atoms with Crippen molar-refractivity contribution in [2.75, 3.05) is 0 Å². The van der Waals surface area contributed by atoms with Crippen LogP contribution in [0.5, 0.6) is 0 Å². The Bertz CT molecular complexity index is 762. The lowest BCUT2D eigenvalue weighted by atomic mass is 10.0. The van der Waals surface area contributed by atoms with Gasteiger partial charge in [0.05, 0.1) is 0 Å². The van der Waals surface area contributed by atoms with Crippen LogP contribution in [0.15, 0.2) is 60.9 Å². The molecule has 1 atom stereocenters. The van der Waals surface area contributed by atoms with Crippen LogP contribution in [0.3, 0.4) is 0 Å². The number of nitrogens with zero attached hydrogens (tertiary/aromatic N) is 1. The molecule has 1 heterocycles. The number of aryl methyl sites for hydroxylation is 1. The molecule has 3 heteroatoms. The number of carbonyl (C=O) groups is 1. The number of nitrogens with one attached hydrogen (secondary N) is 1. The zero-order valence-corrected chi connectivity index (χ0v) is 23.1. The highest BCUT2D eigenvalue weighted by Crippen LogP contribution is 2.14. The smallest absolute Gasteiger partial charge is 0.220 e. The van der Waals surface area contributed by atoms with E-state index in [1.54, 1.807) is 0 Å². The third-order valence-electron chi connectivity index (χ3n) is 7.14. The zero-order chi connectivity index (χ0) is 25.5. The van der Waals surface area contributed by atoms with Crippen molar-refractivity contribution in [1.82, 2.24) is 5.32 Å². The first-order valence-corrected chi connectivity index (χ1v) is 15.0. The average molecular weight is 494 g/mol. The molecule has 1 unspecified atom stereocenters. The Hall–Kier alpha value is -2.16. The van der Waals surface area contributed by atoms with Crippen LogP contribution in [-0.4, -0.2) is 11.9 Å². The predicted octanol–water partition coefficient (Wildman–Crippen LogP) is 8.35. The lowest BCUT2D eigenvalue weighted by molar-refractivity contribution is -0.697. The molecule has 1 aromatic carbocycles. The molecule has 2 rings (SSSR count). The van der Waals surface area contributed by atoms with Crippen LogP contribution in [0.1, 0.15) is 122 Å². The molecule has 0 spiro atoms. The first-order valence-electron chi connectivity index (χ1n) is 15.0. The molecule has 1 N–H and O–H groups in total. The van der Waals surface area contributed by atoms with Gasteiger partial charge in [-0.3, -0.25) is 4.79 Å². The quantitative estimate of drug-likeness (QED) is 0.130. The number of unbranched alkanes of at least 4 members (excludes halogenated alkanes) is 15. The van der Waals surface area contributed by atoms with Crippen molar-refractivity contribution < 1.29 is 9.36 Å². The minimum atomic E-state index is 0.203. The Morgan fingerprint density at radius 1 is 0.639 bits per heavy atom. The number of pyridine rings is 1. The van der Waals surface area contributed by atoms with Crippen molar-refractivity contribution in [3.8, 4) is 0 Å². The van der Waals surface area contributed by atoms with E-state index in [0.717, 1.165) is 19.4 Å². The van der Waals surface area contributed by atoms with E-state index in [4.69, 9.17) is 0 Å². The van der Waals surface area contributed by atoms with Gasteiger partial charge < -0.3 is 5.32 Å². The first-order chi connectivity index (χ1) is 17.7. The number of hydrogen-bond donors (Lipinski definition) is 1. The lowest BCUT2D eigenvalue weighted by Crippen LogP contribution is -2.33. The van der Waals surface area contributed by atoms with Gasteiger partial charge in [-0.15, -0.1) is 0 Å². The Morgan fingerprint density at radius 3 is 1.61 bits per heavy atom. The summed E-state index contributed by atoms with van der Waals surface area (Å²) in [5, 5.41) is 3.15. The van der Waals surface area contributed by atoms with Gasteiger partial charge in [0.15, 0.2) is 12.4 Å². The minimum absolute atomic E-state index is 0.203. The molecule has 1 aromatic heterocycles. The van der Waals surface area contributed by atoms with Gasteiger partial charge in [-0.25, -0.2) is 4.57 Å². The molecular weight excluding hydrogens is 440 g/mol. The number of benzene rings is 1. The molecule has 0 fully saturated rings. The summed E-state index contributed by atoms with van der Waals surface area (Å²) in [6.45, 7) is 3.26. The highest BCUT2D eigenvalue weighted by molar-refractivity contribution is 5.76. The summed E-state index contributed by atoms with van der Waals surface area (Å²) in [6.07, 6.45) is 27.4. The molecule has 2 aromatic rings. The summed E-state index contributed by atoms with van der Waals surface area (Å²) in [7, 11) is 0. The fourth-order valence-corrected chi connectivity index (χ4v) is 5.00. The fourth-order valence-electron chi connectivity index (χ4n) is 5.00. The Labute approximate surface area is 222 Å². The highest BCUT2D eigenvalue weighted by atomic mass is 16.1. The maximum absolute atomic E-state index is 12.1. The van der Waals surface area contributed by atoms with Crippen molar-refractivity contribution in [2.45, 2.75) is 135 Å². The van der Waals surface area contributed by atoms with Gasteiger partial charge in [0, 0.05) is 31.0 Å². The number of hydrogen-bond acceptors (Lipinski definition) is 1. The summed E-state index contributed by atoms with van der Waals surface area (Å²) in [5.41, 5.74) is 1.28. The summed E-state index contributed by atoms with van der Waals surface area (Å²) < 4.78 is 2.29. The second kappa shape index (κ2) is 21.0. The van der Waals surface area contributed by atoms with Crippen molar-refractivity contribution in [2.24, 2.45) is 0 Å². The maximum Gasteiger partial charge on any atom is 0.220 e. The zero-order valence-electron chi connectivity index (χ0n) is 23.1. The second-order valence-corrected chi connectivity index (χ2v) is 10.7. The van der Waals surface area contributed by atoms with Gasteiger partial charge in [-0.05, 0) is 31.7 Å².